The lowest BCUT2D eigenvalue weighted by atomic mass is 10.2. The zero-order valence-corrected chi connectivity index (χ0v) is 16.3. The average molecular weight is 395 g/mol. The van der Waals surface area contributed by atoms with Gasteiger partial charge in [0.15, 0.2) is 0 Å². The van der Waals surface area contributed by atoms with E-state index in [9.17, 15) is 8.42 Å². The van der Waals surface area contributed by atoms with Gasteiger partial charge >= 0.3 is 0 Å². The molecule has 1 fully saturated rings. The normalized spacial score (nSPS) is 15.7. The number of morpholine rings is 1. The highest BCUT2D eigenvalue weighted by molar-refractivity contribution is 7.98. The molecule has 140 valence electrons. The van der Waals surface area contributed by atoms with Crippen molar-refractivity contribution in [3.05, 3.63) is 48.2 Å². The van der Waals surface area contributed by atoms with E-state index in [1.54, 1.807) is 23.9 Å². The summed E-state index contributed by atoms with van der Waals surface area (Å²) in [6.45, 7) is 4.20. The Hall–Kier alpha value is -1.61. The van der Waals surface area contributed by atoms with Gasteiger partial charge in [-0.25, -0.2) is 13.4 Å². The van der Waals surface area contributed by atoms with Gasteiger partial charge in [-0.15, -0.1) is 11.8 Å². The Labute approximate surface area is 158 Å². The Morgan fingerprint density at radius 2 is 1.96 bits per heavy atom. The number of ether oxygens (including phenoxy) is 2. The van der Waals surface area contributed by atoms with Gasteiger partial charge < -0.3 is 9.47 Å². The highest BCUT2D eigenvalue weighted by Crippen LogP contribution is 2.27. The first-order valence-corrected chi connectivity index (χ1v) is 10.9. The summed E-state index contributed by atoms with van der Waals surface area (Å²) in [5.41, 5.74) is 1.09. The molecule has 0 saturated carbocycles. The second-order valence-electron chi connectivity index (χ2n) is 5.68. The van der Waals surface area contributed by atoms with Crippen molar-refractivity contribution in [2.24, 2.45) is 0 Å². The second kappa shape index (κ2) is 8.85. The molecule has 0 unspecified atom stereocenters. The van der Waals surface area contributed by atoms with Crippen molar-refractivity contribution in [3.63, 3.8) is 0 Å². The molecular weight excluding hydrogens is 372 g/mol. The monoisotopic (exact) mass is 394 g/mol. The van der Waals surface area contributed by atoms with E-state index in [-0.39, 0.29) is 4.90 Å². The van der Waals surface area contributed by atoms with E-state index in [1.165, 1.54) is 10.5 Å². The van der Waals surface area contributed by atoms with E-state index in [1.807, 2.05) is 31.2 Å². The number of hydrogen-bond donors (Lipinski definition) is 0. The number of benzene rings is 1. The summed E-state index contributed by atoms with van der Waals surface area (Å²) in [5, 5.41) is 0.775. The number of sulfonamides is 1. The van der Waals surface area contributed by atoms with Crippen LogP contribution in [0.1, 0.15) is 12.5 Å². The molecule has 1 aromatic heterocycles. The van der Waals surface area contributed by atoms with Gasteiger partial charge in [-0.3, -0.25) is 0 Å². The number of para-hydroxylation sites is 1. The largest absolute Gasteiger partial charge is 0.494 e. The summed E-state index contributed by atoms with van der Waals surface area (Å²) < 4.78 is 37.5. The van der Waals surface area contributed by atoms with Gasteiger partial charge in [0.1, 0.15) is 10.6 Å². The molecular formula is C18H22N2O4S2. The van der Waals surface area contributed by atoms with Crippen LogP contribution in [-0.4, -0.2) is 50.6 Å². The van der Waals surface area contributed by atoms with Crippen molar-refractivity contribution < 1.29 is 17.9 Å². The lowest BCUT2D eigenvalue weighted by molar-refractivity contribution is 0.0730. The standard InChI is InChI=1S/C18H22N2O4S2/c1-2-24-17-6-4-3-5-15(17)14-25-18-8-7-16(13-19-18)26(21,22)20-9-11-23-12-10-20/h3-8,13H,2,9-12,14H2,1H3. The van der Waals surface area contributed by atoms with Crippen molar-refractivity contribution >= 4 is 21.8 Å². The van der Waals surface area contributed by atoms with E-state index in [0.717, 1.165) is 16.3 Å². The summed E-state index contributed by atoms with van der Waals surface area (Å²) in [4.78, 5) is 4.54. The quantitative estimate of drug-likeness (QED) is 0.673. The van der Waals surface area contributed by atoms with Crippen LogP contribution < -0.4 is 4.74 Å². The topological polar surface area (TPSA) is 68.7 Å². The van der Waals surface area contributed by atoms with Crippen LogP contribution in [0.5, 0.6) is 5.75 Å². The molecule has 26 heavy (non-hydrogen) atoms. The minimum Gasteiger partial charge on any atom is -0.494 e. The molecule has 1 aromatic carbocycles. The predicted octanol–water partition coefficient (Wildman–Crippen LogP) is 2.79. The SMILES string of the molecule is CCOc1ccccc1CSc1ccc(S(=O)(=O)N2CCOCC2)cn1. The highest BCUT2D eigenvalue weighted by Gasteiger charge is 2.26. The number of pyridine rings is 1. The average Bonchev–Trinajstić information content (AvgIpc) is 2.68. The fourth-order valence-corrected chi connectivity index (χ4v) is 4.80. The molecule has 3 rings (SSSR count). The summed E-state index contributed by atoms with van der Waals surface area (Å²) in [7, 11) is -3.50. The Bertz CT molecular complexity index is 819. The molecule has 0 amide bonds. The van der Waals surface area contributed by atoms with Crippen LogP contribution in [0.2, 0.25) is 0 Å². The van der Waals surface area contributed by atoms with Gasteiger partial charge in [-0.05, 0) is 25.1 Å². The predicted molar refractivity (Wildman–Crippen MR) is 101 cm³/mol. The summed E-state index contributed by atoms with van der Waals surface area (Å²) in [6.07, 6.45) is 1.43. The molecule has 0 bridgehead atoms. The van der Waals surface area contributed by atoms with Gasteiger partial charge in [0, 0.05) is 30.6 Å². The summed E-state index contributed by atoms with van der Waals surface area (Å²) in [6, 6.07) is 11.3. The molecule has 0 aliphatic carbocycles. The smallest absolute Gasteiger partial charge is 0.244 e. The van der Waals surface area contributed by atoms with E-state index in [0.29, 0.717) is 38.7 Å². The molecule has 1 aliphatic heterocycles. The molecule has 0 N–H and O–H groups in total. The zero-order valence-electron chi connectivity index (χ0n) is 14.6. The van der Waals surface area contributed by atoms with Crippen LogP contribution >= 0.6 is 11.8 Å². The number of hydrogen-bond acceptors (Lipinski definition) is 6. The fourth-order valence-electron chi connectivity index (χ4n) is 2.61. The molecule has 8 heteroatoms. The molecule has 6 nitrogen and oxygen atoms in total. The van der Waals surface area contributed by atoms with Crippen molar-refractivity contribution in [1.29, 1.82) is 0 Å². The maximum atomic E-state index is 12.6. The van der Waals surface area contributed by atoms with Crippen molar-refractivity contribution in [2.75, 3.05) is 32.9 Å². The Balaban J connectivity index is 1.66. The third-order valence-electron chi connectivity index (χ3n) is 3.97. The number of thioether (sulfide) groups is 1. The minimum absolute atomic E-state index is 0.221. The van der Waals surface area contributed by atoms with E-state index >= 15 is 0 Å². The van der Waals surface area contributed by atoms with Gasteiger partial charge in [0.2, 0.25) is 10.0 Å². The van der Waals surface area contributed by atoms with Crippen LogP contribution in [0.4, 0.5) is 0 Å². The number of nitrogens with zero attached hydrogens (tertiary/aromatic N) is 2. The van der Waals surface area contributed by atoms with Crippen molar-refractivity contribution in [3.8, 4) is 5.75 Å². The maximum Gasteiger partial charge on any atom is 0.244 e. The summed E-state index contributed by atoms with van der Waals surface area (Å²) >= 11 is 1.55. The molecule has 2 aromatic rings. The molecule has 0 spiro atoms. The van der Waals surface area contributed by atoms with Crippen molar-refractivity contribution in [1.82, 2.24) is 9.29 Å². The van der Waals surface area contributed by atoms with E-state index in [4.69, 9.17) is 9.47 Å². The van der Waals surface area contributed by atoms with Gasteiger partial charge in [0.25, 0.3) is 0 Å². The first-order chi connectivity index (χ1) is 12.6. The van der Waals surface area contributed by atoms with Crippen LogP contribution in [-0.2, 0) is 20.5 Å². The Kier molecular flexibility index (Phi) is 6.53. The third kappa shape index (κ3) is 4.56. The molecule has 0 radical (unpaired) electrons. The van der Waals surface area contributed by atoms with E-state index in [2.05, 4.69) is 4.98 Å². The molecule has 1 aliphatic rings. The number of rotatable bonds is 7. The summed E-state index contributed by atoms with van der Waals surface area (Å²) in [5.74, 6) is 1.58. The number of aromatic nitrogens is 1. The van der Waals surface area contributed by atoms with Gasteiger partial charge in [-0.1, -0.05) is 18.2 Å². The van der Waals surface area contributed by atoms with Gasteiger partial charge in [-0.2, -0.15) is 4.31 Å². The van der Waals surface area contributed by atoms with Crippen LogP contribution in [0, 0.1) is 0 Å². The van der Waals surface area contributed by atoms with Crippen LogP contribution in [0.3, 0.4) is 0 Å². The molecule has 2 heterocycles. The van der Waals surface area contributed by atoms with E-state index < -0.39 is 10.0 Å². The first-order valence-electron chi connectivity index (χ1n) is 8.48. The maximum absolute atomic E-state index is 12.6. The third-order valence-corrected chi connectivity index (χ3v) is 6.84. The lowest BCUT2D eigenvalue weighted by Gasteiger charge is -2.25. The zero-order chi connectivity index (χ0) is 18.4. The fraction of sp³-hybridized carbons (Fsp3) is 0.389. The molecule has 0 atom stereocenters. The lowest BCUT2D eigenvalue weighted by Crippen LogP contribution is -2.40. The van der Waals surface area contributed by atoms with Gasteiger partial charge in [0.05, 0.1) is 24.8 Å². The molecule has 1 saturated heterocycles. The second-order valence-corrected chi connectivity index (χ2v) is 8.61. The minimum atomic E-state index is -3.50. The van der Waals surface area contributed by atoms with Crippen molar-refractivity contribution in [2.45, 2.75) is 22.6 Å². The Morgan fingerprint density at radius 1 is 1.19 bits per heavy atom. The Morgan fingerprint density at radius 3 is 2.65 bits per heavy atom. The van der Waals surface area contributed by atoms with Crippen LogP contribution in [0.25, 0.3) is 0 Å². The highest BCUT2D eigenvalue weighted by atomic mass is 32.2. The van der Waals surface area contributed by atoms with Crippen LogP contribution in [0.15, 0.2) is 52.5 Å². The first kappa shape index (κ1) is 19.2.